The van der Waals surface area contributed by atoms with Crippen molar-refractivity contribution in [3.63, 3.8) is 0 Å². The number of hydrogen-bond donors (Lipinski definition) is 2. The lowest BCUT2D eigenvalue weighted by atomic mass is 10.3. The third-order valence-corrected chi connectivity index (χ3v) is 4.86. The highest BCUT2D eigenvalue weighted by molar-refractivity contribution is 9.10. The number of halogens is 3. The van der Waals surface area contributed by atoms with Crippen LogP contribution in [-0.2, 0) is 10.0 Å². The van der Waals surface area contributed by atoms with Gasteiger partial charge in [0.25, 0.3) is 10.0 Å². The molecule has 1 aromatic carbocycles. The predicted octanol–water partition coefficient (Wildman–Crippen LogP) is 3.53. The summed E-state index contributed by atoms with van der Waals surface area (Å²) < 4.78 is 27.3. The van der Waals surface area contributed by atoms with E-state index in [1.54, 1.807) is 12.1 Å². The highest BCUT2D eigenvalue weighted by atomic mass is 79.9. The zero-order valence-corrected chi connectivity index (χ0v) is 13.7. The van der Waals surface area contributed by atoms with Gasteiger partial charge >= 0.3 is 0 Å². The minimum Gasteiger partial charge on any atom is -0.382 e. The molecule has 0 spiro atoms. The van der Waals surface area contributed by atoms with Gasteiger partial charge in [-0.2, -0.15) is 0 Å². The molecule has 20 heavy (non-hydrogen) atoms. The molecule has 1 aromatic heterocycles. The molecule has 2 aromatic rings. The van der Waals surface area contributed by atoms with Crippen LogP contribution >= 0.6 is 39.1 Å². The highest BCUT2D eigenvalue weighted by Gasteiger charge is 2.17. The van der Waals surface area contributed by atoms with E-state index in [0.29, 0.717) is 15.2 Å². The van der Waals surface area contributed by atoms with Gasteiger partial charge in [0.1, 0.15) is 10.7 Å². The van der Waals surface area contributed by atoms with Gasteiger partial charge in [-0.1, -0.05) is 23.2 Å². The van der Waals surface area contributed by atoms with Crippen LogP contribution in [-0.4, -0.2) is 13.4 Å². The van der Waals surface area contributed by atoms with E-state index in [1.807, 2.05) is 0 Å². The van der Waals surface area contributed by atoms with Crippen LogP contribution in [0.3, 0.4) is 0 Å². The molecule has 0 fully saturated rings. The van der Waals surface area contributed by atoms with Crippen molar-refractivity contribution < 1.29 is 8.42 Å². The Morgan fingerprint density at radius 3 is 2.55 bits per heavy atom. The van der Waals surface area contributed by atoms with Gasteiger partial charge in [0, 0.05) is 15.7 Å². The summed E-state index contributed by atoms with van der Waals surface area (Å²) in [6.45, 7) is 0. The van der Waals surface area contributed by atoms with E-state index in [4.69, 9.17) is 28.9 Å². The highest BCUT2D eigenvalue weighted by Crippen LogP contribution is 2.28. The first-order valence-corrected chi connectivity index (χ1v) is 8.22. The second-order valence-electron chi connectivity index (χ2n) is 3.77. The molecule has 0 bridgehead atoms. The van der Waals surface area contributed by atoms with Gasteiger partial charge in [0.2, 0.25) is 0 Å². The van der Waals surface area contributed by atoms with E-state index in [-0.39, 0.29) is 15.7 Å². The summed E-state index contributed by atoms with van der Waals surface area (Å²) in [5.41, 5.74) is 5.79. The fourth-order valence-corrected chi connectivity index (χ4v) is 3.55. The molecule has 0 aliphatic heterocycles. The third-order valence-electron chi connectivity index (χ3n) is 2.33. The largest absolute Gasteiger partial charge is 0.382 e. The van der Waals surface area contributed by atoms with Crippen molar-refractivity contribution in [2.24, 2.45) is 0 Å². The Bertz CT molecular complexity index is 768. The van der Waals surface area contributed by atoms with Crippen LogP contribution in [0.15, 0.2) is 39.8 Å². The number of rotatable bonds is 3. The summed E-state index contributed by atoms with van der Waals surface area (Å²) in [4.78, 5) is 3.63. The fourth-order valence-electron chi connectivity index (χ4n) is 1.35. The maximum Gasteiger partial charge on any atom is 0.263 e. The molecule has 9 heteroatoms. The monoisotopic (exact) mass is 395 g/mol. The molecule has 0 aliphatic rings. The number of anilines is 2. The molecule has 2 rings (SSSR count). The molecule has 0 radical (unpaired) electrons. The Kier molecular flexibility index (Phi) is 4.43. The van der Waals surface area contributed by atoms with E-state index >= 15 is 0 Å². The molecule has 5 nitrogen and oxygen atoms in total. The second kappa shape index (κ2) is 5.77. The van der Waals surface area contributed by atoms with E-state index in [1.165, 1.54) is 12.1 Å². The van der Waals surface area contributed by atoms with Gasteiger partial charge in [0.15, 0.2) is 0 Å². The molecule has 0 unspecified atom stereocenters. The van der Waals surface area contributed by atoms with Gasteiger partial charge in [0.05, 0.1) is 10.7 Å². The summed E-state index contributed by atoms with van der Waals surface area (Å²) in [6, 6.07) is 5.92. The Morgan fingerprint density at radius 1 is 1.25 bits per heavy atom. The number of sulfonamides is 1. The van der Waals surface area contributed by atoms with Crippen molar-refractivity contribution in [1.29, 1.82) is 0 Å². The number of pyridine rings is 1. The van der Waals surface area contributed by atoms with E-state index in [2.05, 4.69) is 25.6 Å². The van der Waals surface area contributed by atoms with E-state index in [9.17, 15) is 8.42 Å². The lowest BCUT2D eigenvalue weighted by Gasteiger charge is -2.10. The molecule has 106 valence electrons. The van der Waals surface area contributed by atoms with Gasteiger partial charge in [-0.3, -0.25) is 4.72 Å². The zero-order chi connectivity index (χ0) is 14.9. The first-order chi connectivity index (χ1) is 9.29. The Balaban J connectivity index is 2.38. The first-order valence-electron chi connectivity index (χ1n) is 5.18. The number of nitrogen functional groups attached to an aromatic ring is 1. The molecule has 1 heterocycles. The van der Waals surface area contributed by atoms with Crippen LogP contribution in [0, 0.1) is 0 Å². The molecule has 0 saturated heterocycles. The second-order valence-corrected chi connectivity index (χ2v) is 7.15. The van der Waals surface area contributed by atoms with Gasteiger partial charge in [-0.15, -0.1) is 0 Å². The number of nitrogens with zero attached hydrogens (tertiary/aromatic N) is 1. The molecule has 0 amide bonds. The summed E-state index contributed by atoms with van der Waals surface area (Å²) >= 11 is 14.8. The molecule has 0 aliphatic carbocycles. The Morgan fingerprint density at radius 2 is 1.95 bits per heavy atom. The summed E-state index contributed by atoms with van der Waals surface area (Å²) in [5.74, 6) is 0.0679. The number of aromatic nitrogens is 1. The summed E-state index contributed by atoms with van der Waals surface area (Å²) in [6.07, 6.45) is 1.13. The van der Waals surface area contributed by atoms with Crippen molar-refractivity contribution in [3.05, 3.63) is 45.0 Å². The van der Waals surface area contributed by atoms with E-state index < -0.39 is 10.0 Å². The van der Waals surface area contributed by atoms with Crippen molar-refractivity contribution in [3.8, 4) is 0 Å². The Hall–Kier alpha value is -1.02. The average molecular weight is 397 g/mol. The van der Waals surface area contributed by atoms with E-state index in [0.717, 1.165) is 6.20 Å². The molecule has 0 atom stereocenters. The standard InChI is InChI=1S/C11H8BrCl2N3O2S/c12-8-3-6(13)1-2-10(8)17-20(18,19)7-4-9(14)11(15)16-5-7/h1-5,17H,(H2,15,16). The average Bonchev–Trinajstić information content (AvgIpc) is 2.36. The quantitative estimate of drug-likeness (QED) is 0.830. The number of nitrogens with two attached hydrogens (primary N) is 1. The first kappa shape index (κ1) is 15.4. The van der Waals surface area contributed by atoms with Crippen LogP contribution < -0.4 is 10.5 Å². The molecule has 3 N–H and O–H groups in total. The molecular weight excluding hydrogens is 389 g/mol. The van der Waals surface area contributed by atoms with Gasteiger partial charge in [-0.05, 0) is 40.2 Å². The van der Waals surface area contributed by atoms with Crippen LogP contribution in [0.2, 0.25) is 10.0 Å². The topological polar surface area (TPSA) is 85.1 Å². The lowest BCUT2D eigenvalue weighted by molar-refractivity contribution is 0.601. The number of hydrogen-bond acceptors (Lipinski definition) is 4. The lowest BCUT2D eigenvalue weighted by Crippen LogP contribution is -2.14. The molecular formula is C11H8BrCl2N3O2S. The minimum absolute atomic E-state index is 0.0679. The maximum absolute atomic E-state index is 12.2. The van der Waals surface area contributed by atoms with Crippen molar-refractivity contribution in [2.75, 3.05) is 10.5 Å². The normalized spacial score (nSPS) is 11.3. The van der Waals surface area contributed by atoms with Gasteiger partial charge in [-0.25, -0.2) is 13.4 Å². The third kappa shape index (κ3) is 3.35. The van der Waals surface area contributed by atoms with Crippen molar-refractivity contribution >= 4 is 60.7 Å². The summed E-state index contributed by atoms with van der Waals surface area (Å²) in [7, 11) is -3.81. The predicted molar refractivity (Wildman–Crippen MR) is 83.6 cm³/mol. The van der Waals surface area contributed by atoms with Gasteiger partial charge < -0.3 is 5.73 Å². The smallest absolute Gasteiger partial charge is 0.263 e. The van der Waals surface area contributed by atoms with Crippen LogP contribution in [0.1, 0.15) is 0 Å². The minimum atomic E-state index is -3.81. The SMILES string of the molecule is Nc1ncc(S(=O)(=O)Nc2ccc(Cl)cc2Br)cc1Cl. The zero-order valence-electron chi connectivity index (χ0n) is 9.77. The number of nitrogens with one attached hydrogen (secondary N) is 1. The molecule has 0 saturated carbocycles. The number of benzene rings is 1. The van der Waals surface area contributed by atoms with Crippen molar-refractivity contribution in [1.82, 2.24) is 4.98 Å². The van der Waals surface area contributed by atoms with Crippen LogP contribution in [0.4, 0.5) is 11.5 Å². The van der Waals surface area contributed by atoms with Crippen LogP contribution in [0.5, 0.6) is 0 Å². The fraction of sp³-hybridized carbons (Fsp3) is 0. The Labute approximate surface area is 134 Å². The van der Waals surface area contributed by atoms with Crippen molar-refractivity contribution in [2.45, 2.75) is 4.90 Å². The summed E-state index contributed by atoms with van der Waals surface area (Å²) in [5, 5.41) is 0.556. The maximum atomic E-state index is 12.2. The van der Waals surface area contributed by atoms with Crippen LogP contribution in [0.25, 0.3) is 0 Å².